The summed E-state index contributed by atoms with van der Waals surface area (Å²) in [5.41, 5.74) is 1.01. The Hall–Kier alpha value is -2.16. The Morgan fingerprint density at radius 3 is 2.28 bits per heavy atom. The van der Waals surface area contributed by atoms with Gasteiger partial charge in [0.25, 0.3) is 0 Å². The molecule has 130 valence electrons. The lowest BCUT2D eigenvalue weighted by atomic mass is 10.00. The van der Waals surface area contributed by atoms with Gasteiger partial charge in [0.2, 0.25) is 0 Å². The number of methoxy groups -OCH3 is 1. The van der Waals surface area contributed by atoms with E-state index < -0.39 is 20.5 Å². The quantitative estimate of drug-likeness (QED) is 0.797. The maximum absolute atomic E-state index is 13.1. The highest BCUT2D eigenvalue weighted by molar-refractivity contribution is 7.92. The van der Waals surface area contributed by atoms with Gasteiger partial charge in [0.1, 0.15) is 5.41 Å². The number of hydrogen-bond acceptors (Lipinski definition) is 4. The first-order chi connectivity index (χ1) is 12.0. The molecule has 0 N–H and O–H groups in total. The Morgan fingerprint density at radius 1 is 1.12 bits per heavy atom. The highest BCUT2D eigenvalue weighted by Crippen LogP contribution is 2.63. The lowest BCUT2D eigenvalue weighted by Gasteiger charge is -2.08. The molecule has 1 aliphatic rings. The molecule has 0 radical (unpaired) electrons. The number of aryl methyl sites for hydroxylation is 1. The van der Waals surface area contributed by atoms with E-state index in [1.54, 1.807) is 30.3 Å². The van der Waals surface area contributed by atoms with E-state index >= 15 is 0 Å². The third-order valence-electron chi connectivity index (χ3n) is 5.00. The van der Waals surface area contributed by atoms with Crippen LogP contribution < -0.4 is 0 Å². The molecular weight excluding hydrogens is 334 g/mol. The number of ether oxygens (including phenoxy) is 1. The second kappa shape index (κ2) is 6.62. The van der Waals surface area contributed by atoms with Gasteiger partial charge in [-0.3, -0.25) is 0 Å². The molecule has 0 aromatic heterocycles. The van der Waals surface area contributed by atoms with E-state index in [-0.39, 0.29) is 17.4 Å². The van der Waals surface area contributed by atoms with Crippen LogP contribution >= 0.6 is 0 Å². The first-order valence-electron chi connectivity index (χ1n) is 8.29. The van der Waals surface area contributed by atoms with Crippen molar-refractivity contribution >= 4 is 9.84 Å². The van der Waals surface area contributed by atoms with E-state index in [0.29, 0.717) is 0 Å². The zero-order valence-electron chi connectivity index (χ0n) is 14.3. The average molecular weight is 355 g/mol. The summed E-state index contributed by atoms with van der Waals surface area (Å²) in [6.45, 7) is 2.17. The van der Waals surface area contributed by atoms with Crippen LogP contribution in [0.4, 0.5) is 0 Å². The predicted molar refractivity (Wildman–Crippen MR) is 95.9 cm³/mol. The summed E-state index contributed by atoms with van der Waals surface area (Å²) >= 11 is 0. The third-order valence-corrected chi connectivity index (χ3v) is 7.29. The van der Waals surface area contributed by atoms with Gasteiger partial charge in [-0.25, -0.2) is 8.42 Å². The second-order valence-electron chi connectivity index (χ2n) is 6.44. The number of benzene rings is 2. The molecule has 3 atom stereocenters. The first kappa shape index (κ1) is 17.7. The van der Waals surface area contributed by atoms with Crippen LogP contribution in [0.15, 0.2) is 59.5 Å². The number of nitriles is 1. The fourth-order valence-corrected chi connectivity index (χ4v) is 5.96. The first-order valence-corrected chi connectivity index (χ1v) is 9.84. The molecule has 4 nitrogen and oxygen atoms in total. The van der Waals surface area contributed by atoms with Crippen LogP contribution in [0, 0.1) is 16.7 Å². The molecule has 5 heteroatoms. The van der Waals surface area contributed by atoms with Gasteiger partial charge in [0, 0.05) is 13.0 Å². The molecule has 0 aliphatic heterocycles. The Kier molecular flexibility index (Phi) is 4.68. The minimum atomic E-state index is -3.62. The maximum Gasteiger partial charge on any atom is 0.183 e. The summed E-state index contributed by atoms with van der Waals surface area (Å²) in [7, 11) is -2.12. The van der Waals surface area contributed by atoms with Crippen LogP contribution in [0.5, 0.6) is 0 Å². The molecule has 2 aromatic carbocycles. The van der Waals surface area contributed by atoms with Crippen LogP contribution in [0.2, 0.25) is 0 Å². The maximum atomic E-state index is 13.1. The van der Waals surface area contributed by atoms with Crippen molar-refractivity contribution < 1.29 is 13.2 Å². The van der Waals surface area contributed by atoms with Crippen molar-refractivity contribution in [1.29, 1.82) is 5.26 Å². The minimum Gasteiger partial charge on any atom is -0.383 e. The van der Waals surface area contributed by atoms with E-state index in [1.165, 1.54) is 12.7 Å². The molecule has 1 aliphatic carbocycles. The van der Waals surface area contributed by atoms with Crippen LogP contribution in [0.1, 0.15) is 24.0 Å². The summed E-state index contributed by atoms with van der Waals surface area (Å²) < 4.78 is 31.5. The molecule has 3 rings (SSSR count). The topological polar surface area (TPSA) is 67.2 Å². The van der Waals surface area contributed by atoms with E-state index in [1.807, 2.05) is 24.3 Å². The summed E-state index contributed by atoms with van der Waals surface area (Å²) in [5.74, 6) is -0.381. The smallest absolute Gasteiger partial charge is 0.183 e. The molecule has 25 heavy (non-hydrogen) atoms. The standard InChI is InChI=1S/C20H21NO3S/c1-3-15-9-11-16(12-10-15)18-19(20(18,13-21)14-24-2)25(22,23)17-7-5-4-6-8-17/h4-12,18-19H,3,14H2,1-2H3. The fraction of sp³-hybridized carbons (Fsp3) is 0.350. The lowest BCUT2D eigenvalue weighted by molar-refractivity contribution is 0.162. The zero-order valence-corrected chi connectivity index (χ0v) is 15.2. The number of nitrogens with zero attached hydrogens (tertiary/aromatic N) is 1. The summed E-state index contributed by atoms with van der Waals surface area (Å²) in [6.07, 6.45) is 0.915. The SMILES string of the molecule is CCc1ccc(C2C(S(=O)(=O)c3ccccc3)C2(C#N)COC)cc1. The van der Waals surface area contributed by atoms with Gasteiger partial charge in [-0.1, -0.05) is 49.4 Å². The van der Waals surface area contributed by atoms with Gasteiger partial charge in [-0.15, -0.1) is 0 Å². The number of rotatable bonds is 6. The van der Waals surface area contributed by atoms with E-state index in [4.69, 9.17) is 4.74 Å². The van der Waals surface area contributed by atoms with Crippen molar-refractivity contribution in [2.24, 2.45) is 5.41 Å². The fourth-order valence-electron chi connectivity index (χ4n) is 3.63. The Morgan fingerprint density at radius 2 is 1.76 bits per heavy atom. The highest BCUT2D eigenvalue weighted by Gasteiger charge is 2.72. The van der Waals surface area contributed by atoms with Crippen molar-refractivity contribution in [2.45, 2.75) is 29.4 Å². The van der Waals surface area contributed by atoms with Gasteiger partial charge in [-0.05, 0) is 29.7 Å². The van der Waals surface area contributed by atoms with Crippen LogP contribution in [-0.4, -0.2) is 27.4 Å². The summed E-state index contributed by atoms with van der Waals surface area (Å²) in [5, 5.41) is 9.01. The minimum absolute atomic E-state index is 0.0976. The molecule has 2 aromatic rings. The lowest BCUT2D eigenvalue weighted by Crippen LogP contribution is -2.19. The number of sulfone groups is 1. The number of hydrogen-bond donors (Lipinski definition) is 0. The molecule has 3 unspecified atom stereocenters. The molecule has 0 spiro atoms. The van der Waals surface area contributed by atoms with Crippen molar-refractivity contribution in [3.8, 4) is 6.07 Å². The Balaban J connectivity index is 2.05. The summed E-state index contributed by atoms with van der Waals surface area (Å²) in [6, 6.07) is 18.5. The third kappa shape index (κ3) is 2.86. The summed E-state index contributed by atoms with van der Waals surface area (Å²) in [4.78, 5) is 0.253. The zero-order chi connectivity index (χ0) is 18.1. The van der Waals surface area contributed by atoms with E-state index in [9.17, 15) is 13.7 Å². The van der Waals surface area contributed by atoms with Gasteiger partial charge in [-0.2, -0.15) is 5.26 Å². The molecule has 0 heterocycles. The van der Waals surface area contributed by atoms with Crippen LogP contribution in [0.3, 0.4) is 0 Å². The van der Waals surface area contributed by atoms with Gasteiger partial charge < -0.3 is 4.74 Å². The van der Waals surface area contributed by atoms with Crippen molar-refractivity contribution in [1.82, 2.24) is 0 Å². The largest absolute Gasteiger partial charge is 0.383 e. The molecule has 0 saturated heterocycles. The molecule has 0 bridgehead atoms. The molecular formula is C20H21NO3S. The van der Waals surface area contributed by atoms with Crippen LogP contribution in [0.25, 0.3) is 0 Å². The van der Waals surface area contributed by atoms with Gasteiger partial charge in [0.05, 0.1) is 22.8 Å². The highest BCUT2D eigenvalue weighted by atomic mass is 32.2. The van der Waals surface area contributed by atoms with E-state index in [2.05, 4.69) is 13.0 Å². The van der Waals surface area contributed by atoms with Crippen molar-refractivity contribution in [3.63, 3.8) is 0 Å². The van der Waals surface area contributed by atoms with Crippen LogP contribution in [-0.2, 0) is 21.0 Å². The van der Waals surface area contributed by atoms with E-state index in [0.717, 1.165) is 12.0 Å². The van der Waals surface area contributed by atoms with Gasteiger partial charge >= 0.3 is 0 Å². The van der Waals surface area contributed by atoms with Crippen molar-refractivity contribution in [2.75, 3.05) is 13.7 Å². The molecule has 1 fully saturated rings. The predicted octanol–water partition coefficient (Wildman–Crippen LogP) is 3.35. The Bertz CT molecular complexity index is 885. The Labute approximate surface area is 149 Å². The average Bonchev–Trinajstić information content (AvgIpc) is 3.32. The van der Waals surface area contributed by atoms with Crippen molar-refractivity contribution in [3.05, 3.63) is 65.7 Å². The molecule has 1 saturated carbocycles. The monoisotopic (exact) mass is 355 g/mol. The normalized spacial score (nSPS) is 25.3. The van der Waals surface area contributed by atoms with Gasteiger partial charge in [0.15, 0.2) is 9.84 Å². The molecule has 0 amide bonds. The second-order valence-corrected chi connectivity index (χ2v) is 8.51.